The molecular formula is C26H22ClF5N4O6. The molecule has 3 heterocycles. The number of amides is 1. The maximum absolute atomic E-state index is 15.0. The molecule has 1 aromatic heterocycles. The summed E-state index contributed by atoms with van der Waals surface area (Å²) in [7, 11) is 0. The lowest BCUT2D eigenvalue weighted by Crippen LogP contribution is -2.44. The summed E-state index contributed by atoms with van der Waals surface area (Å²) in [5.41, 5.74) is 0.702. The summed E-state index contributed by atoms with van der Waals surface area (Å²) in [4.78, 5) is 34.1. The number of ether oxygens (including phenoxy) is 1. The highest BCUT2D eigenvalue weighted by Gasteiger charge is 2.38. The predicted molar refractivity (Wildman–Crippen MR) is 136 cm³/mol. The fourth-order valence-electron chi connectivity index (χ4n) is 4.37. The Morgan fingerprint density at radius 3 is 2.31 bits per heavy atom. The normalized spacial score (nSPS) is 16.8. The minimum atomic E-state index is -5.08. The number of rotatable bonds is 6. The molecule has 5 rings (SSSR count). The van der Waals surface area contributed by atoms with E-state index in [0.29, 0.717) is 22.7 Å². The molecule has 2 fully saturated rings. The predicted octanol–water partition coefficient (Wildman–Crippen LogP) is 4.74. The quantitative estimate of drug-likeness (QED) is 0.338. The van der Waals surface area contributed by atoms with E-state index in [1.807, 2.05) is 4.68 Å². The van der Waals surface area contributed by atoms with Crippen molar-refractivity contribution in [3.8, 4) is 22.8 Å². The molecule has 0 unspecified atom stereocenters. The van der Waals surface area contributed by atoms with Crippen LogP contribution in [0.2, 0.25) is 5.02 Å². The van der Waals surface area contributed by atoms with Gasteiger partial charge in [-0.25, -0.2) is 18.4 Å². The number of carbonyl (C=O) groups excluding carboxylic acids is 1. The van der Waals surface area contributed by atoms with Crippen LogP contribution < -0.4 is 10.1 Å². The van der Waals surface area contributed by atoms with Crippen LogP contribution in [0.15, 0.2) is 42.6 Å². The third-order valence-electron chi connectivity index (χ3n) is 6.51. The largest absolute Gasteiger partial charge is 0.490 e. The van der Waals surface area contributed by atoms with E-state index in [4.69, 9.17) is 26.2 Å². The number of hydrogen-bond acceptors (Lipinski definition) is 6. The lowest BCUT2D eigenvalue weighted by Gasteiger charge is -2.29. The number of alkyl halides is 3. The third kappa shape index (κ3) is 6.62. The average molecular weight is 617 g/mol. The van der Waals surface area contributed by atoms with Crippen molar-refractivity contribution in [1.82, 2.24) is 20.0 Å². The first kappa shape index (κ1) is 30.7. The number of nitrogens with zero attached hydrogens (tertiary/aromatic N) is 3. The first-order valence-electron chi connectivity index (χ1n) is 12.3. The van der Waals surface area contributed by atoms with Crippen LogP contribution in [0, 0.1) is 11.6 Å². The van der Waals surface area contributed by atoms with Crippen LogP contribution in [-0.2, 0) is 9.59 Å². The fourth-order valence-corrected chi connectivity index (χ4v) is 4.54. The van der Waals surface area contributed by atoms with Crippen LogP contribution in [0.25, 0.3) is 11.3 Å². The van der Waals surface area contributed by atoms with Gasteiger partial charge in [0.05, 0.1) is 17.3 Å². The Morgan fingerprint density at radius 1 is 1.02 bits per heavy atom. The van der Waals surface area contributed by atoms with Crippen molar-refractivity contribution >= 4 is 29.4 Å². The number of carboxylic acid groups (broad SMARTS) is 2. The van der Waals surface area contributed by atoms with Gasteiger partial charge in [-0.3, -0.25) is 9.48 Å². The van der Waals surface area contributed by atoms with E-state index in [1.165, 1.54) is 0 Å². The summed E-state index contributed by atoms with van der Waals surface area (Å²) in [6.07, 6.45) is -2.71. The Hall–Kier alpha value is -4.24. The second kappa shape index (κ2) is 12.3. The summed E-state index contributed by atoms with van der Waals surface area (Å²) < 4.78 is 69.3. The molecule has 16 heteroatoms. The number of likely N-dealkylation sites (tertiary alicyclic amines) is 1. The van der Waals surface area contributed by atoms with E-state index in [2.05, 4.69) is 10.4 Å². The Kier molecular flexibility index (Phi) is 9.01. The van der Waals surface area contributed by atoms with Gasteiger partial charge in [-0.05, 0) is 43.2 Å². The van der Waals surface area contributed by atoms with Crippen LogP contribution in [0.4, 0.5) is 22.0 Å². The Bertz CT molecular complexity index is 1510. The second-order valence-electron chi connectivity index (χ2n) is 9.28. The molecule has 3 N–H and O–H groups in total. The Morgan fingerprint density at radius 2 is 1.71 bits per heavy atom. The number of carbonyl (C=O) groups is 3. The van der Waals surface area contributed by atoms with Crippen molar-refractivity contribution in [2.24, 2.45) is 0 Å². The molecule has 1 amide bonds. The zero-order chi connectivity index (χ0) is 30.8. The summed E-state index contributed by atoms with van der Waals surface area (Å²) in [5, 5.41) is 24.4. The van der Waals surface area contributed by atoms with Crippen LogP contribution in [0.5, 0.6) is 11.5 Å². The highest BCUT2D eigenvalue weighted by molar-refractivity contribution is 6.31. The average Bonchev–Trinajstić information content (AvgIpc) is 3.56. The topological polar surface area (TPSA) is 134 Å². The lowest BCUT2D eigenvalue weighted by molar-refractivity contribution is -0.192. The van der Waals surface area contributed by atoms with Crippen molar-refractivity contribution < 1.29 is 51.3 Å². The molecule has 2 aliphatic rings. The number of carboxylic acids is 2. The van der Waals surface area contributed by atoms with Crippen LogP contribution in [-0.4, -0.2) is 74.6 Å². The molecule has 224 valence electrons. The number of hydrogen-bond donors (Lipinski definition) is 3. The van der Waals surface area contributed by atoms with E-state index >= 15 is 4.39 Å². The van der Waals surface area contributed by atoms with Gasteiger partial charge in [0, 0.05) is 42.5 Å². The number of halogens is 6. The Balaban J connectivity index is 0.000000517. The summed E-state index contributed by atoms with van der Waals surface area (Å²) >= 11 is 6.21. The van der Waals surface area contributed by atoms with Crippen molar-refractivity contribution in [3.63, 3.8) is 0 Å². The molecule has 2 aromatic carbocycles. The molecule has 0 aliphatic carbocycles. The fraction of sp³-hybridized carbons (Fsp3) is 0.308. The van der Waals surface area contributed by atoms with Gasteiger partial charge in [0.1, 0.15) is 17.6 Å². The van der Waals surface area contributed by atoms with Gasteiger partial charge in [0.2, 0.25) is 0 Å². The zero-order valence-electron chi connectivity index (χ0n) is 21.4. The van der Waals surface area contributed by atoms with E-state index < -0.39 is 53.0 Å². The number of benzene rings is 2. The van der Waals surface area contributed by atoms with Crippen LogP contribution >= 0.6 is 11.6 Å². The highest BCUT2D eigenvalue weighted by Crippen LogP contribution is 2.38. The molecule has 0 saturated carbocycles. The number of aliphatic carboxylic acids is 2. The monoisotopic (exact) mass is 616 g/mol. The van der Waals surface area contributed by atoms with E-state index in [-0.39, 0.29) is 24.8 Å². The maximum atomic E-state index is 15.0. The molecule has 0 bridgehead atoms. The molecule has 42 heavy (non-hydrogen) atoms. The van der Waals surface area contributed by atoms with Crippen molar-refractivity contribution in [1.29, 1.82) is 0 Å². The lowest BCUT2D eigenvalue weighted by atomic mass is 10.1. The standard InChI is InChI=1S/C24H21ClF2N4O4.C2HF3O2/c25-13-3-4-21(16(8-13)19-5-6-29-31(19)14-11-28-12-14)35-22-10-17(26)15(9-18(22)27)23(32)30-7-1-2-20(30)24(33)34;3-2(4,5)1(6)7/h3-6,8-10,14,20,28H,1-2,7,11-12H2,(H,33,34);(H,6,7)/t20-;/m0./s1. The summed E-state index contributed by atoms with van der Waals surface area (Å²) in [6.45, 7) is 1.66. The van der Waals surface area contributed by atoms with Gasteiger partial charge in [0.15, 0.2) is 11.6 Å². The molecule has 2 aliphatic heterocycles. The van der Waals surface area contributed by atoms with Gasteiger partial charge < -0.3 is 25.2 Å². The highest BCUT2D eigenvalue weighted by atomic mass is 35.5. The first-order chi connectivity index (χ1) is 19.8. The van der Waals surface area contributed by atoms with Crippen LogP contribution in [0.3, 0.4) is 0 Å². The third-order valence-corrected chi connectivity index (χ3v) is 6.74. The summed E-state index contributed by atoms with van der Waals surface area (Å²) in [5.74, 6) is -6.97. The van der Waals surface area contributed by atoms with E-state index in [1.54, 1.807) is 30.5 Å². The second-order valence-corrected chi connectivity index (χ2v) is 9.71. The molecule has 0 radical (unpaired) electrons. The van der Waals surface area contributed by atoms with Crippen molar-refractivity contribution in [2.75, 3.05) is 19.6 Å². The molecular weight excluding hydrogens is 595 g/mol. The smallest absolute Gasteiger partial charge is 0.480 e. The number of aromatic nitrogens is 2. The van der Waals surface area contributed by atoms with Gasteiger partial charge in [-0.2, -0.15) is 18.3 Å². The minimum Gasteiger partial charge on any atom is -0.480 e. The maximum Gasteiger partial charge on any atom is 0.490 e. The van der Waals surface area contributed by atoms with E-state index in [9.17, 15) is 32.3 Å². The first-order valence-corrected chi connectivity index (χ1v) is 12.7. The molecule has 1 atom stereocenters. The molecule has 2 saturated heterocycles. The zero-order valence-corrected chi connectivity index (χ0v) is 22.1. The molecule has 3 aromatic rings. The van der Waals surface area contributed by atoms with Crippen molar-refractivity contribution in [2.45, 2.75) is 31.1 Å². The molecule has 0 spiro atoms. The number of nitrogens with one attached hydrogen (secondary N) is 1. The van der Waals surface area contributed by atoms with Gasteiger partial charge >= 0.3 is 18.1 Å². The van der Waals surface area contributed by atoms with E-state index in [0.717, 1.165) is 30.1 Å². The van der Waals surface area contributed by atoms with Crippen molar-refractivity contribution in [3.05, 3.63) is 64.8 Å². The van der Waals surface area contributed by atoms with Gasteiger partial charge in [-0.15, -0.1) is 0 Å². The minimum absolute atomic E-state index is 0.145. The van der Waals surface area contributed by atoms with Gasteiger partial charge in [0.25, 0.3) is 5.91 Å². The molecule has 10 nitrogen and oxygen atoms in total. The van der Waals surface area contributed by atoms with Gasteiger partial charge in [-0.1, -0.05) is 11.6 Å². The van der Waals surface area contributed by atoms with Crippen LogP contribution in [0.1, 0.15) is 29.2 Å². The summed E-state index contributed by atoms with van der Waals surface area (Å²) in [6, 6.07) is 7.17. The SMILES string of the molecule is O=C(O)C(F)(F)F.O=C(O)[C@@H]1CCCN1C(=O)c1cc(F)c(Oc2ccc(Cl)cc2-c2ccnn2C2CNC2)cc1F. The Labute approximate surface area is 239 Å².